The van der Waals surface area contributed by atoms with Gasteiger partial charge in [-0.15, -0.1) is 0 Å². The Morgan fingerprint density at radius 2 is 2.22 bits per heavy atom. The van der Waals surface area contributed by atoms with E-state index in [-0.39, 0.29) is 0 Å². The Bertz CT molecular complexity index is 99.2. The van der Waals surface area contributed by atoms with Gasteiger partial charge in [0, 0.05) is 23.2 Å². The normalized spacial score (nSPS) is 12.8. The van der Waals surface area contributed by atoms with Crippen LogP contribution in [0.25, 0.3) is 0 Å². The van der Waals surface area contributed by atoms with E-state index in [2.05, 4.69) is 19.2 Å². The number of hydrogen-bond acceptors (Lipinski definition) is 1. The summed E-state index contributed by atoms with van der Waals surface area (Å²) < 4.78 is 0. The molecule has 0 aliphatic heterocycles. The maximum Gasteiger partial charge on any atom is 0.0431 e. The number of hydrogen-bond donors (Lipinski definition) is 1. The van der Waals surface area contributed by atoms with E-state index in [0.29, 0.717) is 17.6 Å². The van der Waals surface area contributed by atoms with Gasteiger partial charge in [0.25, 0.3) is 0 Å². The lowest BCUT2D eigenvalue weighted by Gasteiger charge is -2.04. The molecule has 3 heteroatoms. The molecule has 0 saturated carbocycles. The highest BCUT2D eigenvalue weighted by molar-refractivity contribution is 6.36. The summed E-state index contributed by atoms with van der Waals surface area (Å²) in [5.74, 6) is 0. The zero-order valence-electron chi connectivity index (χ0n) is 5.62. The average Bonchev–Trinajstić information content (AvgIpc) is 1.83. The molecule has 0 amide bonds. The van der Waals surface area contributed by atoms with Crippen molar-refractivity contribution in [2.75, 3.05) is 6.54 Å². The minimum absolute atomic E-state index is 0.454. The van der Waals surface area contributed by atoms with Gasteiger partial charge in [0.05, 0.1) is 0 Å². The molecular weight excluding hydrogens is 157 g/mol. The first-order chi connectivity index (χ1) is 4.16. The first-order valence-corrected chi connectivity index (χ1v) is 3.66. The molecule has 0 rings (SSSR count). The molecule has 0 radical (unpaired) electrons. The van der Waals surface area contributed by atoms with Gasteiger partial charge in [-0.1, -0.05) is 37.0 Å². The van der Waals surface area contributed by atoms with Crippen molar-refractivity contribution in [3.05, 3.63) is 10.6 Å². The monoisotopic (exact) mass is 167 g/mol. The second-order valence-corrected chi connectivity index (χ2v) is 2.80. The van der Waals surface area contributed by atoms with Crippen LogP contribution in [-0.2, 0) is 0 Å². The average molecular weight is 168 g/mol. The molecule has 9 heavy (non-hydrogen) atoms. The first-order valence-electron chi connectivity index (χ1n) is 2.85. The van der Waals surface area contributed by atoms with Gasteiger partial charge in [0.15, 0.2) is 0 Å². The van der Waals surface area contributed by atoms with Crippen LogP contribution in [0.15, 0.2) is 10.6 Å². The third-order valence-corrected chi connectivity index (χ3v) is 1.42. The van der Waals surface area contributed by atoms with E-state index < -0.39 is 0 Å². The minimum atomic E-state index is 0.454. The summed E-state index contributed by atoms with van der Waals surface area (Å²) in [6, 6.07) is 0.454. The van der Waals surface area contributed by atoms with E-state index in [9.17, 15) is 0 Å². The van der Waals surface area contributed by atoms with Gasteiger partial charge in [-0.25, -0.2) is 0 Å². The van der Waals surface area contributed by atoms with Gasteiger partial charge in [0.2, 0.25) is 0 Å². The molecule has 1 nitrogen and oxygen atoms in total. The first kappa shape index (κ1) is 9.28. The number of halogens is 2. The van der Waals surface area contributed by atoms with Crippen molar-refractivity contribution in [2.45, 2.75) is 19.9 Å². The summed E-state index contributed by atoms with van der Waals surface area (Å²) in [6.45, 7) is 4.76. The fourth-order valence-electron chi connectivity index (χ4n) is 0.340. The van der Waals surface area contributed by atoms with Crippen molar-refractivity contribution in [1.82, 2.24) is 5.32 Å². The zero-order valence-corrected chi connectivity index (χ0v) is 7.13. The van der Waals surface area contributed by atoms with E-state index in [4.69, 9.17) is 23.2 Å². The lowest BCUT2D eigenvalue weighted by atomic mass is 10.4. The van der Waals surface area contributed by atoms with Gasteiger partial charge >= 0.3 is 0 Å². The van der Waals surface area contributed by atoms with Crippen LogP contribution in [0.5, 0.6) is 0 Å². The quantitative estimate of drug-likeness (QED) is 0.681. The molecule has 0 unspecified atom stereocenters. The van der Waals surface area contributed by atoms with Crippen molar-refractivity contribution >= 4 is 23.2 Å². The van der Waals surface area contributed by atoms with Gasteiger partial charge in [-0.05, 0) is 0 Å². The predicted molar refractivity (Wildman–Crippen MR) is 42.9 cm³/mol. The fraction of sp³-hybridized carbons (Fsp3) is 0.667. The lowest BCUT2D eigenvalue weighted by molar-refractivity contribution is 0.629. The predicted octanol–water partition coefficient (Wildman–Crippen LogP) is 2.30. The molecule has 0 aromatic carbocycles. The van der Waals surface area contributed by atoms with Crippen molar-refractivity contribution in [3.63, 3.8) is 0 Å². The van der Waals surface area contributed by atoms with Gasteiger partial charge in [-0.3, -0.25) is 0 Å². The summed E-state index contributed by atoms with van der Waals surface area (Å²) in [5, 5.41) is 3.76. The molecule has 1 N–H and O–H groups in total. The molecule has 0 aliphatic rings. The van der Waals surface area contributed by atoms with Crippen molar-refractivity contribution < 1.29 is 0 Å². The Labute approximate surface area is 66.0 Å². The molecule has 0 aromatic rings. The molecule has 0 aliphatic carbocycles. The van der Waals surface area contributed by atoms with Crippen molar-refractivity contribution in [2.24, 2.45) is 0 Å². The second-order valence-electron chi connectivity index (χ2n) is 2.09. The van der Waals surface area contributed by atoms with E-state index in [1.165, 1.54) is 5.54 Å². The van der Waals surface area contributed by atoms with Crippen LogP contribution in [0.2, 0.25) is 0 Å². The third-order valence-electron chi connectivity index (χ3n) is 0.798. The van der Waals surface area contributed by atoms with Crippen LogP contribution in [0.1, 0.15) is 13.8 Å². The Hall–Kier alpha value is 0.280. The van der Waals surface area contributed by atoms with Gasteiger partial charge in [0.1, 0.15) is 0 Å². The van der Waals surface area contributed by atoms with Crippen LogP contribution < -0.4 is 5.32 Å². The molecule has 54 valence electrons. The fourth-order valence-corrected chi connectivity index (χ4v) is 0.495. The lowest BCUT2D eigenvalue weighted by Crippen LogP contribution is -2.23. The summed E-state index contributed by atoms with van der Waals surface area (Å²) in [6.07, 6.45) is 0. The standard InChI is InChI=1S/C6H11Cl2N/c1-5(2)9-4-6(8)3-7/h3,5,9H,4H2,1-2H3. The third kappa shape index (κ3) is 6.16. The zero-order chi connectivity index (χ0) is 7.28. The Balaban J connectivity index is 3.28. The highest BCUT2D eigenvalue weighted by atomic mass is 35.5. The topological polar surface area (TPSA) is 12.0 Å². The Morgan fingerprint density at radius 3 is 2.56 bits per heavy atom. The molecule has 0 saturated heterocycles. The summed E-state index contributed by atoms with van der Waals surface area (Å²) in [4.78, 5) is 0. The van der Waals surface area contributed by atoms with Gasteiger partial charge in [-0.2, -0.15) is 0 Å². The van der Waals surface area contributed by atoms with E-state index in [0.717, 1.165) is 0 Å². The maximum absolute atomic E-state index is 5.58. The van der Waals surface area contributed by atoms with E-state index >= 15 is 0 Å². The van der Waals surface area contributed by atoms with Crippen molar-refractivity contribution in [3.8, 4) is 0 Å². The molecule has 0 spiro atoms. The Kier molecular flexibility index (Phi) is 5.25. The molecule has 0 heterocycles. The molecule has 0 bridgehead atoms. The van der Waals surface area contributed by atoms with E-state index in [1.54, 1.807) is 0 Å². The smallest absolute Gasteiger partial charge is 0.0431 e. The number of rotatable bonds is 3. The van der Waals surface area contributed by atoms with Crippen LogP contribution >= 0.6 is 23.2 Å². The SMILES string of the molecule is CC(C)NCC(Cl)=CCl. The number of nitrogens with one attached hydrogen (secondary N) is 1. The summed E-state index contributed by atoms with van der Waals surface area (Å²) in [7, 11) is 0. The molecule has 0 aromatic heterocycles. The largest absolute Gasteiger partial charge is 0.310 e. The molecule has 0 fully saturated rings. The van der Waals surface area contributed by atoms with Crippen LogP contribution in [0.3, 0.4) is 0 Å². The van der Waals surface area contributed by atoms with Crippen LogP contribution in [-0.4, -0.2) is 12.6 Å². The van der Waals surface area contributed by atoms with Crippen LogP contribution in [0.4, 0.5) is 0 Å². The van der Waals surface area contributed by atoms with Crippen molar-refractivity contribution in [1.29, 1.82) is 0 Å². The highest BCUT2D eigenvalue weighted by Gasteiger charge is 1.92. The highest BCUT2D eigenvalue weighted by Crippen LogP contribution is 2.00. The van der Waals surface area contributed by atoms with E-state index in [1.807, 2.05) is 0 Å². The van der Waals surface area contributed by atoms with Crippen LogP contribution in [0, 0.1) is 0 Å². The summed E-state index contributed by atoms with van der Waals surface area (Å²) >= 11 is 10.9. The second kappa shape index (κ2) is 5.10. The minimum Gasteiger partial charge on any atom is -0.310 e. The summed E-state index contributed by atoms with van der Waals surface area (Å²) in [5.41, 5.74) is 1.37. The maximum atomic E-state index is 5.58. The molecule has 0 atom stereocenters. The Morgan fingerprint density at radius 1 is 1.67 bits per heavy atom. The molecular formula is C6H11Cl2N. The van der Waals surface area contributed by atoms with Gasteiger partial charge < -0.3 is 5.32 Å².